The summed E-state index contributed by atoms with van der Waals surface area (Å²) in [5.41, 5.74) is 0.764. The number of para-hydroxylation sites is 1. The first-order valence-electron chi connectivity index (χ1n) is 6.77. The number of sulfone groups is 1. The lowest BCUT2D eigenvalue weighted by atomic mass is 10.1. The largest absolute Gasteiger partial charge is 0.507 e. The van der Waals surface area contributed by atoms with Crippen LogP contribution in [0, 0.1) is 6.92 Å². The molecule has 1 heterocycles. The highest BCUT2D eigenvalue weighted by molar-refractivity contribution is 8.01. The van der Waals surface area contributed by atoms with Gasteiger partial charge in [0.1, 0.15) is 11.1 Å². The number of nitrogens with zero attached hydrogens (tertiary/aromatic N) is 1. The Morgan fingerprint density at radius 2 is 2.19 bits per heavy atom. The first-order valence-corrected chi connectivity index (χ1v) is 9.64. The van der Waals surface area contributed by atoms with Crippen molar-refractivity contribution in [1.82, 2.24) is 4.90 Å². The molecular formula is C14H19NO4S2. The van der Waals surface area contributed by atoms with E-state index in [2.05, 4.69) is 0 Å². The molecule has 1 aromatic rings. The van der Waals surface area contributed by atoms with Gasteiger partial charge in [-0.1, -0.05) is 19.1 Å². The zero-order valence-electron chi connectivity index (χ0n) is 12.1. The van der Waals surface area contributed by atoms with Crippen LogP contribution in [-0.2, 0) is 9.84 Å². The molecule has 1 aliphatic rings. The number of rotatable bonds is 3. The zero-order valence-corrected chi connectivity index (χ0v) is 13.7. The average Bonchev–Trinajstić information content (AvgIpc) is 2.49. The molecule has 0 spiro atoms. The van der Waals surface area contributed by atoms with Crippen LogP contribution in [0.2, 0.25) is 0 Å². The Morgan fingerprint density at radius 3 is 2.86 bits per heavy atom. The van der Waals surface area contributed by atoms with Gasteiger partial charge in [-0.3, -0.25) is 4.79 Å². The molecule has 21 heavy (non-hydrogen) atoms. The van der Waals surface area contributed by atoms with Gasteiger partial charge in [0.05, 0.1) is 5.56 Å². The van der Waals surface area contributed by atoms with E-state index >= 15 is 0 Å². The summed E-state index contributed by atoms with van der Waals surface area (Å²) in [5, 5.41) is 9.23. The Bertz CT molecular complexity index is 642. The minimum atomic E-state index is -3.34. The molecule has 1 aromatic carbocycles. The molecule has 1 aliphatic heterocycles. The minimum Gasteiger partial charge on any atom is -0.507 e. The van der Waals surface area contributed by atoms with Gasteiger partial charge in [0, 0.05) is 23.8 Å². The summed E-state index contributed by atoms with van der Waals surface area (Å²) >= 11 is 1.53. The normalized spacial score (nSPS) is 19.5. The van der Waals surface area contributed by atoms with E-state index < -0.39 is 21.1 Å². The smallest absolute Gasteiger partial charge is 0.258 e. The van der Waals surface area contributed by atoms with Gasteiger partial charge >= 0.3 is 0 Å². The molecule has 0 saturated carbocycles. The van der Waals surface area contributed by atoms with Crippen LogP contribution >= 0.6 is 11.8 Å². The third-order valence-corrected chi connectivity index (χ3v) is 6.92. The zero-order chi connectivity index (χ0) is 15.6. The molecule has 116 valence electrons. The molecule has 2 rings (SSSR count). The van der Waals surface area contributed by atoms with Crippen LogP contribution in [0.5, 0.6) is 5.75 Å². The van der Waals surface area contributed by atoms with E-state index in [1.54, 1.807) is 26.0 Å². The Balaban J connectivity index is 2.38. The van der Waals surface area contributed by atoms with Crippen molar-refractivity contribution >= 4 is 27.5 Å². The van der Waals surface area contributed by atoms with E-state index in [1.165, 1.54) is 22.7 Å². The standard InChI is InChI=1S/C14H19NO4S2/c1-3-21(18,19)12-9-20-8-7-15(12)14(17)11-6-4-5-10(2)13(11)16/h4-6,12,16H,3,7-9H2,1-2H3. The number of amides is 1. The lowest BCUT2D eigenvalue weighted by molar-refractivity contribution is 0.0746. The second kappa shape index (κ2) is 6.27. The van der Waals surface area contributed by atoms with E-state index in [-0.39, 0.29) is 17.1 Å². The fraction of sp³-hybridized carbons (Fsp3) is 0.500. The van der Waals surface area contributed by atoms with Gasteiger partial charge in [0.2, 0.25) is 0 Å². The van der Waals surface area contributed by atoms with Crippen LogP contribution in [-0.4, -0.2) is 53.5 Å². The highest BCUT2D eigenvalue weighted by atomic mass is 32.2. The van der Waals surface area contributed by atoms with Crippen LogP contribution in [0.3, 0.4) is 0 Å². The maximum absolute atomic E-state index is 12.6. The molecule has 1 saturated heterocycles. The van der Waals surface area contributed by atoms with Crippen LogP contribution in [0.25, 0.3) is 0 Å². The molecule has 7 heteroatoms. The Labute approximate surface area is 129 Å². The van der Waals surface area contributed by atoms with Gasteiger partial charge in [0.15, 0.2) is 9.84 Å². The van der Waals surface area contributed by atoms with E-state index in [9.17, 15) is 18.3 Å². The van der Waals surface area contributed by atoms with Crippen molar-refractivity contribution < 1.29 is 18.3 Å². The first-order chi connectivity index (χ1) is 9.88. The van der Waals surface area contributed by atoms with Gasteiger partial charge < -0.3 is 10.0 Å². The second-order valence-electron chi connectivity index (χ2n) is 4.95. The summed E-state index contributed by atoms with van der Waals surface area (Å²) in [5.74, 6) is 0.594. The summed E-state index contributed by atoms with van der Waals surface area (Å²) < 4.78 is 24.4. The van der Waals surface area contributed by atoms with Gasteiger partial charge in [-0.2, -0.15) is 11.8 Å². The second-order valence-corrected chi connectivity index (χ2v) is 8.55. The number of carbonyl (C=O) groups excluding carboxylic acids is 1. The Kier molecular flexibility index (Phi) is 4.83. The molecule has 1 amide bonds. The Morgan fingerprint density at radius 1 is 1.48 bits per heavy atom. The van der Waals surface area contributed by atoms with Crippen molar-refractivity contribution in [3.63, 3.8) is 0 Å². The molecule has 0 radical (unpaired) electrons. The van der Waals surface area contributed by atoms with E-state index in [4.69, 9.17) is 0 Å². The van der Waals surface area contributed by atoms with Crippen molar-refractivity contribution in [3.05, 3.63) is 29.3 Å². The maximum Gasteiger partial charge on any atom is 0.258 e. The van der Waals surface area contributed by atoms with Gasteiger partial charge in [-0.05, 0) is 18.6 Å². The van der Waals surface area contributed by atoms with Crippen LogP contribution < -0.4 is 0 Å². The highest BCUT2D eigenvalue weighted by Gasteiger charge is 2.36. The number of carbonyl (C=O) groups is 1. The third kappa shape index (κ3) is 3.18. The summed E-state index contributed by atoms with van der Waals surface area (Å²) in [7, 11) is -3.34. The highest BCUT2D eigenvalue weighted by Crippen LogP contribution is 2.27. The molecule has 0 bridgehead atoms. The molecule has 1 fully saturated rings. The molecule has 1 N–H and O–H groups in total. The topological polar surface area (TPSA) is 74.7 Å². The van der Waals surface area contributed by atoms with E-state index in [1.807, 2.05) is 0 Å². The van der Waals surface area contributed by atoms with Crippen LogP contribution in [0.15, 0.2) is 18.2 Å². The van der Waals surface area contributed by atoms with Crippen molar-refractivity contribution in [1.29, 1.82) is 0 Å². The molecule has 0 aromatic heterocycles. The molecular weight excluding hydrogens is 310 g/mol. The molecule has 0 aliphatic carbocycles. The summed E-state index contributed by atoms with van der Waals surface area (Å²) in [6, 6.07) is 4.92. The monoisotopic (exact) mass is 329 g/mol. The average molecular weight is 329 g/mol. The Hall–Kier alpha value is -1.21. The van der Waals surface area contributed by atoms with Crippen LogP contribution in [0.1, 0.15) is 22.8 Å². The minimum absolute atomic E-state index is 0.00179. The fourth-order valence-corrected chi connectivity index (χ4v) is 5.26. The lowest BCUT2D eigenvalue weighted by Crippen LogP contribution is -2.50. The SMILES string of the molecule is CCS(=O)(=O)C1CSCCN1C(=O)c1cccc(C)c1O. The van der Waals surface area contributed by atoms with Crippen molar-refractivity contribution in [2.45, 2.75) is 19.2 Å². The quantitative estimate of drug-likeness (QED) is 0.913. The van der Waals surface area contributed by atoms with Crippen LogP contribution in [0.4, 0.5) is 0 Å². The number of phenolic OH excluding ortho intramolecular Hbond substituents is 1. The fourth-order valence-electron chi connectivity index (χ4n) is 2.29. The van der Waals surface area contributed by atoms with Crippen molar-refractivity contribution in [2.24, 2.45) is 0 Å². The van der Waals surface area contributed by atoms with E-state index in [0.29, 0.717) is 23.6 Å². The number of hydrogen-bond acceptors (Lipinski definition) is 5. The first kappa shape index (κ1) is 16.2. The summed E-state index contributed by atoms with van der Waals surface area (Å²) in [4.78, 5) is 14.0. The summed E-state index contributed by atoms with van der Waals surface area (Å²) in [6.07, 6.45) is 0. The third-order valence-electron chi connectivity index (χ3n) is 3.63. The number of aryl methyl sites for hydroxylation is 1. The lowest BCUT2D eigenvalue weighted by Gasteiger charge is -2.34. The molecule has 1 atom stereocenters. The summed E-state index contributed by atoms with van der Waals surface area (Å²) in [6.45, 7) is 3.67. The number of aromatic hydroxyl groups is 1. The number of phenols is 1. The van der Waals surface area contributed by atoms with E-state index in [0.717, 1.165) is 0 Å². The number of thioether (sulfide) groups is 1. The predicted molar refractivity (Wildman–Crippen MR) is 84.5 cm³/mol. The van der Waals surface area contributed by atoms with Gasteiger partial charge in [-0.15, -0.1) is 0 Å². The number of hydrogen-bond donors (Lipinski definition) is 1. The number of benzene rings is 1. The molecule has 1 unspecified atom stereocenters. The molecule has 5 nitrogen and oxygen atoms in total. The van der Waals surface area contributed by atoms with Gasteiger partial charge in [-0.25, -0.2) is 8.42 Å². The van der Waals surface area contributed by atoms with Crippen molar-refractivity contribution in [3.8, 4) is 5.75 Å². The van der Waals surface area contributed by atoms with Gasteiger partial charge in [0.25, 0.3) is 5.91 Å². The maximum atomic E-state index is 12.6. The van der Waals surface area contributed by atoms with Crippen molar-refractivity contribution in [2.75, 3.05) is 23.8 Å². The predicted octanol–water partition coefficient (Wildman–Crippen LogP) is 1.65.